The molecule has 1 atom stereocenters. The number of nitrogens with one attached hydrogen (secondary N) is 1. The van der Waals surface area contributed by atoms with E-state index in [1.807, 2.05) is 6.07 Å². The summed E-state index contributed by atoms with van der Waals surface area (Å²) in [7, 11) is 0. The second kappa shape index (κ2) is 10.4. The van der Waals surface area contributed by atoms with Crippen LogP contribution >= 0.6 is 11.8 Å². The van der Waals surface area contributed by atoms with Gasteiger partial charge >= 0.3 is 0 Å². The number of aromatic nitrogens is 2. The van der Waals surface area contributed by atoms with Crippen LogP contribution in [0.3, 0.4) is 0 Å². The predicted molar refractivity (Wildman–Crippen MR) is 110 cm³/mol. The maximum Gasteiger partial charge on any atom is 0.291 e. The standard InChI is InChI=1S/C20H28F2N4O2S/c1-14(2)11-15(25-7-9-28-10-8-25)12-23-18(27)13-26-17-6-4-3-5-16(17)24-20(26)29-19(21)22/h3-6,14-15,19H,7-13H2,1-2H3,(H,23,27). The largest absolute Gasteiger partial charge is 0.379 e. The second-order valence-corrected chi connectivity index (χ2v) is 8.54. The monoisotopic (exact) mass is 426 g/mol. The molecule has 0 bridgehead atoms. The van der Waals surface area contributed by atoms with E-state index in [0.29, 0.717) is 48.5 Å². The van der Waals surface area contributed by atoms with Crippen LogP contribution in [0.1, 0.15) is 20.3 Å². The third-order valence-electron chi connectivity index (χ3n) is 4.96. The van der Waals surface area contributed by atoms with Crippen molar-refractivity contribution in [3.05, 3.63) is 24.3 Å². The van der Waals surface area contributed by atoms with Crippen LogP contribution in [0.15, 0.2) is 29.4 Å². The van der Waals surface area contributed by atoms with Gasteiger partial charge in [-0.15, -0.1) is 0 Å². The fraction of sp³-hybridized carbons (Fsp3) is 0.600. The molecule has 1 aliphatic rings. The molecule has 0 saturated carbocycles. The summed E-state index contributed by atoms with van der Waals surface area (Å²) in [6, 6.07) is 7.40. The molecule has 6 nitrogen and oxygen atoms in total. The highest BCUT2D eigenvalue weighted by molar-refractivity contribution is 7.99. The molecular formula is C20H28F2N4O2S. The summed E-state index contributed by atoms with van der Waals surface area (Å²) >= 11 is 0.365. The summed E-state index contributed by atoms with van der Waals surface area (Å²) in [5.74, 6) is -2.29. The Hall–Kier alpha value is -1.71. The highest BCUT2D eigenvalue weighted by atomic mass is 32.2. The first-order valence-corrected chi connectivity index (χ1v) is 10.8. The van der Waals surface area contributed by atoms with Crippen LogP contribution in [0.4, 0.5) is 8.78 Å². The van der Waals surface area contributed by atoms with Crippen molar-refractivity contribution < 1.29 is 18.3 Å². The van der Waals surface area contributed by atoms with E-state index in [1.165, 1.54) is 0 Å². The van der Waals surface area contributed by atoms with Crippen molar-refractivity contribution in [1.82, 2.24) is 19.8 Å². The first kappa shape index (κ1) is 22.0. The SMILES string of the molecule is CC(C)CC(CNC(=O)Cn1c(SC(F)F)nc2ccccc21)N1CCOCC1. The molecule has 2 heterocycles. The number of imidazole rings is 1. The molecule has 1 N–H and O–H groups in total. The van der Waals surface area contributed by atoms with E-state index in [1.54, 1.807) is 22.8 Å². The van der Waals surface area contributed by atoms with Crippen LogP contribution in [0.25, 0.3) is 11.0 Å². The van der Waals surface area contributed by atoms with Crippen LogP contribution < -0.4 is 5.32 Å². The second-order valence-electron chi connectivity index (χ2n) is 7.58. The third kappa shape index (κ3) is 6.13. The number of morpholine rings is 1. The maximum atomic E-state index is 12.9. The van der Waals surface area contributed by atoms with Crippen molar-refractivity contribution in [3.8, 4) is 0 Å². The first-order chi connectivity index (χ1) is 13.9. The van der Waals surface area contributed by atoms with E-state index < -0.39 is 5.76 Å². The number of ether oxygens (including phenoxy) is 1. The number of benzene rings is 1. The molecule has 2 aromatic rings. The Labute approximate surface area is 174 Å². The normalized spacial score (nSPS) is 16.6. The van der Waals surface area contributed by atoms with Crippen molar-refractivity contribution >= 4 is 28.7 Å². The van der Waals surface area contributed by atoms with E-state index in [0.717, 1.165) is 19.5 Å². The topological polar surface area (TPSA) is 59.4 Å². The summed E-state index contributed by atoms with van der Waals surface area (Å²) < 4.78 is 32.9. The fourth-order valence-corrected chi connectivity index (χ4v) is 4.26. The minimum Gasteiger partial charge on any atom is -0.379 e. The van der Waals surface area contributed by atoms with Crippen LogP contribution in [0.5, 0.6) is 0 Å². The lowest BCUT2D eigenvalue weighted by Crippen LogP contribution is -2.49. The molecule has 0 radical (unpaired) electrons. The molecule has 1 saturated heterocycles. The number of amides is 1. The van der Waals surface area contributed by atoms with Gasteiger partial charge in [0.2, 0.25) is 5.91 Å². The molecule has 1 aliphatic heterocycles. The molecule has 1 amide bonds. The average Bonchev–Trinajstić information content (AvgIpc) is 3.02. The van der Waals surface area contributed by atoms with Gasteiger partial charge in [-0.1, -0.05) is 26.0 Å². The Morgan fingerprint density at radius 1 is 1.28 bits per heavy atom. The minimum atomic E-state index is -2.59. The van der Waals surface area contributed by atoms with Crippen LogP contribution in [-0.2, 0) is 16.1 Å². The van der Waals surface area contributed by atoms with Gasteiger partial charge in [-0.25, -0.2) is 4.98 Å². The molecule has 1 fully saturated rings. The lowest BCUT2D eigenvalue weighted by molar-refractivity contribution is -0.122. The van der Waals surface area contributed by atoms with E-state index in [9.17, 15) is 13.6 Å². The van der Waals surface area contributed by atoms with E-state index in [2.05, 4.69) is 29.0 Å². The number of hydrogen-bond acceptors (Lipinski definition) is 5. The summed E-state index contributed by atoms with van der Waals surface area (Å²) in [4.78, 5) is 19.3. The Morgan fingerprint density at radius 2 is 2.00 bits per heavy atom. The Bertz CT molecular complexity index is 809. The zero-order valence-electron chi connectivity index (χ0n) is 16.8. The van der Waals surface area contributed by atoms with Gasteiger partial charge in [-0.2, -0.15) is 8.78 Å². The van der Waals surface area contributed by atoms with Gasteiger partial charge in [0.1, 0.15) is 6.54 Å². The zero-order valence-corrected chi connectivity index (χ0v) is 17.6. The van der Waals surface area contributed by atoms with Gasteiger partial charge < -0.3 is 14.6 Å². The number of fused-ring (bicyclic) bond motifs is 1. The lowest BCUT2D eigenvalue weighted by atomic mass is 10.0. The van der Waals surface area contributed by atoms with Crippen molar-refractivity contribution in [1.29, 1.82) is 0 Å². The number of hydrogen-bond donors (Lipinski definition) is 1. The van der Waals surface area contributed by atoms with Crippen molar-refractivity contribution in [2.24, 2.45) is 5.92 Å². The number of halogens is 2. The molecule has 1 aromatic heterocycles. The van der Waals surface area contributed by atoms with Gasteiger partial charge in [-0.05, 0) is 36.2 Å². The summed E-state index contributed by atoms with van der Waals surface area (Å²) in [5.41, 5.74) is 1.28. The molecule has 1 unspecified atom stereocenters. The number of carbonyl (C=O) groups is 1. The highest BCUT2D eigenvalue weighted by Crippen LogP contribution is 2.28. The van der Waals surface area contributed by atoms with Gasteiger partial charge in [0, 0.05) is 25.7 Å². The van der Waals surface area contributed by atoms with Crippen LogP contribution in [0, 0.1) is 5.92 Å². The van der Waals surface area contributed by atoms with Gasteiger partial charge in [-0.3, -0.25) is 9.69 Å². The van der Waals surface area contributed by atoms with Crippen LogP contribution in [0.2, 0.25) is 0 Å². The summed E-state index contributed by atoms with van der Waals surface area (Å²) in [5, 5.41) is 3.16. The number of thioether (sulfide) groups is 1. The third-order valence-corrected chi connectivity index (χ3v) is 5.66. The average molecular weight is 427 g/mol. The van der Waals surface area contributed by atoms with Crippen molar-refractivity contribution in [2.45, 2.75) is 43.8 Å². The molecule has 29 heavy (non-hydrogen) atoms. The van der Waals surface area contributed by atoms with Gasteiger partial charge in [0.05, 0.1) is 24.2 Å². The van der Waals surface area contributed by atoms with Crippen LogP contribution in [-0.4, -0.2) is 65.0 Å². The Kier molecular flexibility index (Phi) is 7.85. The molecule has 160 valence electrons. The van der Waals surface area contributed by atoms with E-state index >= 15 is 0 Å². The smallest absolute Gasteiger partial charge is 0.291 e. The Morgan fingerprint density at radius 3 is 2.69 bits per heavy atom. The number of alkyl halides is 2. The molecule has 3 rings (SSSR count). The molecule has 0 aliphatic carbocycles. The molecule has 1 aromatic carbocycles. The summed E-state index contributed by atoms with van der Waals surface area (Å²) in [6.45, 7) is 7.95. The maximum absolute atomic E-state index is 12.9. The summed E-state index contributed by atoms with van der Waals surface area (Å²) in [6.07, 6.45) is 0.973. The highest BCUT2D eigenvalue weighted by Gasteiger charge is 2.23. The Balaban J connectivity index is 1.67. The minimum absolute atomic E-state index is 0.0346. The number of rotatable bonds is 9. The van der Waals surface area contributed by atoms with Crippen molar-refractivity contribution in [3.63, 3.8) is 0 Å². The molecule has 9 heteroatoms. The van der Waals surface area contributed by atoms with E-state index in [4.69, 9.17) is 4.74 Å². The molecule has 0 spiro atoms. The fourth-order valence-electron chi connectivity index (χ4n) is 3.66. The number of para-hydroxylation sites is 2. The molecular weight excluding hydrogens is 398 g/mol. The zero-order chi connectivity index (χ0) is 20.8. The van der Waals surface area contributed by atoms with E-state index in [-0.39, 0.29) is 23.7 Å². The quantitative estimate of drug-likeness (QED) is 0.624. The lowest BCUT2D eigenvalue weighted by Gasteiger charge is -2.35. The first-order valence-electron chi connectivity index (χ1n) is 9.92. The van der Waals surface area contributed by atoms with Gasteiger partial charge in [0.25, 0.3) is 5.76 Å². The predicted octanol–water partition coefficient (Wildman–Crippen LogP) is 3.21. The van der Waals surface area contributed by atoms with Crippen molar-refractivity contribution in [2.75, 3.05) is 32.8 Å². The number of carbonyl (C=O) groups excluding carboxylic acids is 1. The number of nitrogens with zero attached hydrogens (tertiary/aromatic N) is 3. The van der Waals surface area contributed by atoms with Gasteiger partial charge in [0.15, 0.2) is 5.16 Å².